The number of anilines is 1. The summed E-state index contributed by atoms with van der Waals surface area (Å²) in [6.07, 6.45) is 6.15. The Morgan fingerprint density at radius 1 is 1.14 bits per heavy atom. The Morgan fingerprint density at radius 3 is 2.57 bits per heavy atom. The standard InChI is InChI=1S/C26H24FN5O2S/c1-16-30-14-23(35-16)15-33-21-10-18(27)11-22(12-21)34-20-8-6-19(7-9-20)32-24(13-28)25(29)26(31-32)17-4-2-3-5-17/h6-12,14,17H,2-5,15,29H2,1H3. The van der Waals surface area contributed by atoms with E-state index in [2.05, 4.69) is 16.2 Å². The van der Waals surface area contributed by atoms with Crippen LogP contribution in [0, 0.1) is 24.1 Å². The summed E-state index contributed by atoms with van der Waals surface area (Å²) in [5.74, 6) is 1.04. The van der Waals surface area contributed by atoms with Gasteiger partial charge in [0.05, 0.1) is 27.0 Å². The van der Waals surface area contributed by atoms with E-state index in [0.29, 0.717) is 46.8 Å². The van der Waals surface area contributed by atoms with Crippen molar-refractivity contribution in [3.63, 3.8) is 0 Å². The van der Waals surface area contributed by atoms with Crippen LogP contribution in [0.3, 0.4) is 0 Å². The molecule has 1 aliphatic carbocycles. The number of nitrogen functional groups attached to an aromatic ring is 1. The van der Waals surface area contributed by atoms with Gasteiger partial charge in [0.25, 0.3) is 0 Å². The molecule has 2 aromatic carbocycles. The Hall–Kier alpha value is -3.90. The zero-order chi connectivity index (χ0) is 24.4. The summed E-state index contributed by atoms with van der Waals surface area (Å²) in [5, 5.41) is 15.3. The van der Waals surface area contributed by atoms with Crippen molar-refractivity contribution in [2.75, 3.05) is 5.73 Å². The molecule has 1 saturated carbocycles. The number of halogens is 1. The highest BCUT2D eigenvalue weighted by Crippen LogP contribution is 2.38. The molecule has 9 heteroatoms. The third kappa shape index (κ3) is 4.98. The predicted octanol–water partition coefficient (Wildman–Crippen LogP) is 6.26. The van der Waals surface area contributed by atoms with E-state index in [1.807, 2.05) is 6.92 Å². The molecule has 7 nitrogen and oxygen atoms in total. The van der Waals surface area contributed by atoms with E-state index in [1.54, 1.807) is 41.2 Å². The molecule has 0 aliphatic heterocycles. The number of hydrogen-bond donors (Lipinski definition) is 1. The maximum Gasteiger partial charge on any atom is 0.167 e. The van der Waals surface area contributed by atoms with Crippen LogP contribution < -0.4 is 15.2 Å². The van der Waals surface area contributed by atoms with Crippen LogP contribution in [0.2, 0.25) is 0 Å². The second kappa shape index (κ2) is 9.76. The van der Waals surface area contributed by atoms with Crippen LogP contribution >= 0.6 is 11.3 Å². The molecule has 1 fully saturated rings. The SMILES string of the molecule is Cc1ncc(COc2cc(F)cc(Oc3ccc(-n4nc(C5CCCC5)c(N)c4C#N)cc3)c2)s1. The number of nitriles is 1. The highest BCUT2D eigenvalue weighted by Gasteiger charge is 2.26. The molecule has 0 bridgehead atoms. The first kappa shape index (κ1) is 22.9. The molecule has 4 aromatic rings. The molecule has 0 atom stereocenters. The van der Waals surface area contributed by atoms with Gasteiger partial charge < -0.3 is 15.2 Å². The van der Waals surface area contributed by atoms with Crippen molar-refractivity contribution >= 4 is 17.0 Å². The number of rotatable bonds is 7. The molecule has 2 N–H and O–H groups in total. The predicted molar refractivity (Wildman–Crippen MR) is 132 cm³/mol. The highest BCUT2D eigenvalue weighted by molar-refractivity contribution is 7.11. The summed E-state index contributed by atoms with van der Waals surface area (Å²) < 4.78 is 27.3. The maximum absolute atomic E-state index is 14.2. The average Bonchev–Trinajstić information content (AvgIpc) is 3.58. The number of ether oxygens (including phenoxy) is 2. The molecule has 2 aromatic heterocycles. The van der Waals surface area contributed by atoms with Crippen molar-refractivity contribution in [2.45, 2.75) is 45.1 Å². The topological polar surface area (TPSA) is 99.0 Å². The molecule has 0 radical (unpaired) electrons. The first-order valence-electron chi connectivity index (χ1n) is 11.4. The lowest BCUT2D eigenvalue weighted by Crippen LogP contribution is -2.01. The molecule has 5 rings (SSSR count). The number of hydrogen-bond acceptors (Lipinski definition) is 7. The van der Waals surface area contributed by atoms with Crippen molar-refractivity contribution in [2.24, 2.45) is 0 Å². The summed E-state index contributed by atoms with van der Waals surface area (Å²) >= 11 is 1.53. The zero-order valence-corrected chi connectivity index (χ0v) is 20.0. The van der Waals surface area contributed by atoms with Gasteiger partial charge in [0, 0.05) is 30.3 Å². The van der Waals surface area contributed by atoms with Crippen LogP contribution in [0.5, 0.6) is 17.2 Å². The van der Waals surface area contributed by atoms with Gasteiger partial charge >= 0.3 is 0 Å². The molecule has 0 unspecified atom stereocenters. The Labute approximate surface area is 206 Å². The monoisotopic (exact) mass is 489 g/mol. The molecule has 0 saturated heterocycles. The number of nitrogens with two attached hydrogens (primary N) is 1. The fourth-order valence-electron chi connectivity index (χ4n) is 4.34. The van der Waals surface area contributed by atoms with Gasteiger partial charge in [-0.15, -0.1) is 11.3 Å². The lowest BCUT2D eigenvalue weighted by molar-refractivity contribution is 0.306. The lowest BCUT2D eigenvalue weighted by Gasteiger charge is -2.10. The third-order valence-electron chi connectivity index (χ3n) is 6.01. The number of aromatic nitrogens is 3. The Balaban J connectivity index is 1.32. The molecule has 35 heavy (non-hydrogen) atoms. The highest BCUT2D eigenvalue weighted by atomic mass is 32.1. The van der Waals surface area contributed by atoms with E-state index < -0.39 is 5.82 Å². The van der Waals surface area contributed by atoms with Crippen LogP contribution in [0.25, 0.3) is 5.69 Å². The second-order valence-electron chi connectivity index (χ2n) is 8.51. The van der Waals surface area contributed by atoms with Gasteiger partial charge in [-0.3, -0.25) is 0 Å². The van der Waals surface area contributed by atoms with Crippen LogP contribution in [0.1, 0.15) is 52.9 Å². The molecular weight excluding hydrogens is 465 g/mol. The third-order valence-corrected chi connectivity index (χ3v) is 6.90. The summed E-state index contributed by atoms with van der Waals surface area (Å²) in [5.41, 5.74) is 8.58. The van der Waals surface area contributed by atoms with Crippen molar-refractivity contribution < 1.29 is 13.9 Å². The Morgan fingerprint density at radius 2 is 1.89 bits per heavy atom. The van der Waals surface area contributed by atoms with Gasteiger partial charge in [-0.2, -0.15) is 10.4 Å². The zero-order valence-electron chi connectivity index (χ0n) is 19.2. The fourth-order valence-corrected chi connectivity index (χ4v) is 5.05. The van der Waals surface area contributed by atoms with Crippen LogP contribution in [-0.4, -0.2) is 14.8 Å². The molecule has 1 aliphatic rings. The molecule has 0 amide bonds. The number of aryl methyl sites for hydroxylation is 1. The second-order valence-corrected chi connectivity index (χ2v) is 9.82. The number of nitrogens with zero attached hydrogens (tertiary/aromatic N) is 4. The smallest absolute Gasteiger partial charge is 0.167 e. The molecule has 178 valence electrons. The largest absolute Gasteiger partial charge is 0.488 e. The van der Waals surface area contributed by atoms with E-state index in [4.69, 9.17) is 15.2 Å². The lowest BCUT2D eigenvalue weighted by atomic mass is 10.0. The fraction of sp³-hybridized carbons (Fsp3) is 0.269. The Bertz CT molecular complexity index is 1380. The molecule has 2 heterocycles. The quantitative estimate of drug-likeness (QED) is 0.329. The first-order valence-corrected chi connectivity index (χ1v) is 12.2. The summed E-state index contributed by atoms with van der Waals surface area (Å²) in [6, 6.07) is 13.5. The van der Waals surface area contributed by atoms with E-state index in [9.17, 15) is 9.65 Å². The van der Waals surface area contributed by atoms with E-state index in [0.717, 1.165) is 41.3 Å². The summed E-state index contributed by atoms with van der Waals surface area (Å²) in [4.78, 5) is 5.15. The van der Waals surface area contributed by atoms with Crippen molar-refractivity contribution in [3.05, 3.63) is 75.8 Å². The average molecular weight is 490 g/mol. The van der Waals surface area contributed by atoms with Gasteiger partial charge in [0.1, 0.15) is 35.7 Å². The molecule has 0 spiro atoms. The number of benzene rings is 2. The minimum atomic E-state index is -0.459. The van der Waals surface area contributed by atoms with Crippen LogP contribution in [-0.2, 0) is 6.61 Å². The van der Waals surface area contributed by atoms with Crippen LogP contribution in [0.4, 0.5) is 10.1 Å². The van der Waals surface area contributed by atoms with Crippen molar-refractivity contribution in [1.29, 1.82) is 5.26 Å². The van der Waals surface area contributed by atoms with Gasteiger partial charge in [0.15, 0.2) is 5.69 Å². The van der Waals surface area contributed by atoms with Crippen molar-refractivity contribution in [3.8, 4) is 29.0 Å². The van der Waals surface area contributed by atoms with E-state index in [-0.39, 0.29) is 0 Å². The Kier molecular flexibility index (Phi) is 6.38. The minimum absolute atomic E-state index is 0.301. The van der Waals surface area contributed by atoms with Gasteiger partial charge in [-0.25, -0.2) is 14.1 Å². The van der Waals surface area contributed by atoms with Gasteiger partial charge in [0.2, 0.25) is 0 Å². The minimum Gasteiger partial charge on any atom is -0.488 e. The normalized spacial score (nSPS) is 13.6. The van der Waals surface area contributed by atoms with Gasteiger partial charge in [-0.1, -0.05) is 12.8 Å². The number of thiazole rings is 1. The summed E-state index contributed by atoms with van der Waals surface area (Å²) in [7, 11) is 0. The van der Waals surface area contributed by atoms with Crippen molar-refractivity contribution in [1.82, 2.24) is 14.8 Å². The van der Waals surface area contributed by atoms with Crippen LogP contribution in [0.15, 0.2) is 48.7 Å². The molecular formula is C26H24FN5O2S. The van der Waals surface area contributed by atoms with E-state index in [1.165, 1.54) is 23.5 Å². The summed E-state index contributed by atoms with van der Waals surface area (Å²) in [6.45, 7) is 2.23. The van der Waals surface area contributed by atoms with Gasteiger partial charge in [-0.05, 0) is 44.0 Å². The van der Waals surface area contributed by atoms with E-state index >= 15 is 0 Å². The first-order chi connectivity index (χ1) is 17.0. The maximum atomic E-state index is 14.2.